The van der Waals surface area contributed by atoms with Crippen LogP contribution in [0.2, 0.25) is 0 Å². The molecule has 0 fully saturated rings. The second-order valence-corrected chi connectivity index (χ2v) is 5.26. The number of aryl methyl sites for hydroxylation is 2. The lowest BCUT2D eigenvalue weighted by Crippen LogP contribution is -2.27. The van der Waals surface area contributed by atoms with Crippen LogP contribution in [0.15, 0.2) is 41.2 Å². The number of nitrogens with zero attached hydrogens (tertiary/aromatic N) is 3. The van der Waals surface area contributed by atoms with Gasteiger partial charge in [-0.25, -0.2) is 4.68 Å². The molecule has 0 bridgehead atoms. The van der Waals surface area contributed by atoms with E-state index in [0.717, 1.165) is 29.8 Å². The number of benzene rings is 1. The van der Waals surface area contributed by atoms with E-state index < -0.39 is 0 Å². The number of rotatable bonds is 5. The van der Waals surface area contributed by atoms with Gasteiger partial charge in [0, 0.05) is 17.7 Å². The van der Waals surface area contributed by atoms with Crippen LogP contribution in [0.4, 0.5) is 0 Å². The van der Waals surface area contributed by atoms with E-state index in [1.54, 1.807) is 4.68 Å². The van der Waals surface area contributed by atoms with Crippen LogP contribution in [-0.2, 0) is 6.54 Å². The van der Waals surface area contributed by atoms with Crippen molar-refractivity contribution >= 4 is 0 Å². The monoisotopic (exact) mass is 271 g/mol. The van der Waals surface area contributed by atoms with Crippen molar-refractivity contribution in [2.75, 3.05) is 20.6 Å². The number of hydrogen-bond donors (Lipinski definition) is 0. The van der Waals surface area contributed by atoms with Gasteiger partial charge in [0.1, 0.15) is 0 Å². The summed E-state index contributed by atoms with van der Waals surface area (Å²) >= 11 is 0. The molecule has 0 saturated heterocycles. The van der Waals surface area contributed by atoms with Gasteiger partial charge in [-0.15, -0.1) is 0 Å². The third kappa shape index (κ3) is 3.54. The Kier molecular flexibility index (Phi) is 4.69. The summed E-state index contributed by atoms with van der Waals surface area (Å²) in [7, 11) is 4.06. The lowest BCUT2D eigenvalue weighted by atomic mass is 10.1. The first-order valence-electron chi connectivity index (χ1n) is 6.87. The molecule has 0 atom stereocenters. The lowest BCUT2D eigenvalue weighted by Gasteiger charge is -2.11. The van der Waals surface area contributed by atoms with Gasteiger partial charge in [0.2, 0.25) is 0 Å². The first-order chi connectivity index (χ1) is 9.58. The molecule has 1 aromatic carbocycles. The van der Waals surface area contributed by atoms with Gasteiger partial charge in [0.25, 0.3) is 5.56 Å². The standard InChI is InChI=1S/C16H21N3O/c1-13-12-15(14-8-5-4-6-9-14)17-19(16(13)20)11-7-10-18(2)3/h4-6,8-9,12H,7,10-11H2,1-3H3. The van der Waals surface area contributed by atoms with Crippen molar-refractivity contribution in [1.29, 1.82) is 0 Å². The van der Waals surface area contributed by atoms with E-state index in [0.29, 0.717) is 6.54 Å². The van der Waals surface area contributed by atoms with Gasteiger partial charge < -0.3 is 4.90 Å². The highest BCUT2D eigenvalue weighted by molar-refractivity contribution is 5.58. The molecule has 0 aliphatic heterocycles. The normalized spacial score (nSPS) is 11.0. The van der Waals surface area contributed by atoms with Crippen molar-refractivity contribution in [1.82, 2.24) is 14.7 Å². The van der Waals surface area contributed by atoms with E-state index in [1.807, 2.05) is 57.4 Å². The topological polar surface area (TPSA) is 38.1 Å². The van der Waals surface area contributed by atoms with E-state index in [4.69, 9.17) is 0 Å². The SMILES string of the molecule is Cc1cc(-c2ccccc2)nn(CCCN(C)C)c1=O. The zero-order chi connectivity index (χ0) is 14.5. The predicted molar refractivity (Wildman–Crippen MR) is 81.8 cm³/mol. The van der Waals surface area contributed by atoms with Gasteiger partial charge in [-0.3, -0.25) is 4.79 Å². The molecular formula is C16H21N3O. The minimum atomic E-state index is 0.00318. The van der Waals surface area contributed by atoms with E-state index >= 15 is 0 Å². The Bertz CT molecular complexity index is 617. The smallest absolute Gasteiger partial charge is 0.269 e. The summed E-state index contributed by atoms with van der Waals surface area (Å²) in [5.74, 6) is 0. The highest BCUT2D eigenvalue weighted by Gasteiger charge is 2.06. The molecular weight excluding hydrogens is 250 g/mol. The summed E-state index contributed by atoms with van der Waals surface area (Å²) in [6.45, 7) is 3.44. The molecule has 0 spiro atoms. The third-order valence-electron chi connectivity index (χ3n) is 3.20. The summed E-state index contributed by atoms with van der Waals surface area (Å²) in [5.41, 5.74) is 2.64. The minimum Gasteiger partial charge on any atom is -0.309 e. The first-order valence-corrected chi connectivity index (χ1v) is 6.87. The van der Waals surface area contributed by atoms with Crippen LogP contribution in [0.5, 0.6) is 0 Å². The van der Waals surface area contributed by atoms with Crippen molar-refractivity contribution in [3.8, 4) is 11.3 Å². The fourth-order valence-corrected chi connectivity index (χ4v) is 2.11. The van der Waals surface area contributed by atoms with E-state index in [1.165, 1.54) is 0 Å². The third-order valence-corrected chi connectivity index (χ3v) is 3.20. The molecule has 2 aromatic rings. The van der Waals surface area contributed by atoms with Crippen molar-refractivity contribution in [3.63, 3.8) is 0 Å². The molecule has 1 heterocycles. The molecule has 0 N–H and O–H groups in total. The zero-order valence-electron chi connectivity index (χ0n) is 12.3. The second-order valence-electron chi connectivity index (χ2n) is 5.26. The Labute approximate surface area is 119 Å². The molecule has 106 valence electrons. The number of hydrogen-bond acceptors (Lipinski definition) is 3. The van der Waals surface area contributed by atoms with Crippen LogP contribution < -0.4 is 5.56 Å². The zero-order valence-corrected chi connectivity index (χ0v) is 12.3. The Hall–Kier alpha value is -1.94. The molecule has 0 aliphatic carbocycles. The van der Waals surface area contributed by atoms with Gasteiger partial charge in [-0.2, -0.15) is 5.10 Å². The van der Waals surface area contributed by atoms with Crippen LogP contribution in [0, 0.1) is 6.92 Å². The summed E-state index contributed by atoms with van der Waals surface area (Å²) in [4.78, 5) is 14.2. The maximum absolute atomic E-state index is 12.1. The average Bonchev–Trinajstić information content (AvgIpc) is 2.44. The van der Waals surface area contributed by atoms with Gasteiger partial charge in [0.05, 0.1) is 5.69 Å². The Morgan fingerprint density at radius 2 is 1.90 bits per heavy atom. The van der Waals surface area contributed by atoms with Crippen LogP contribution >= 0.6 is 0 Å². The predicted octanol–water partition coefficient (Wildman–Crippen LogP) is 2.17. The van der Waals surface area contributed by atoms with Gasteiger partial charge >= 0.3 is 0 Å². The van der Waals surface area contributed by atoms with E-state index in [9.17, 15) is 4.79 Å². The Balaban J connectivity index is 2.28. The summed E-state index contributed by atoms with van der Waals surface area (Å²) in [6.07, 6.45) is 0.914. The van der Waals surface area contributed by atoms with E-state index in [-0.39, 0.29) is 5.56 Å². The molecule has 1 aromatic heterocycles. The average molecular weight is 271 g/mol. The van der Waals surface area contributed by atoms with Crippen LogP contribution in [0.3, 0.4) is 0 Å². The van der Waals surface area contributed by atoms with Crippen LogP contribution in [0.1, 0.15) is 12.0 Å². The lowest BCUT2D eigenvalue weighted by molar-refractivity contribution is 0.377. The molecule has 20 heavy (non-hydrogen) atoms. The molecule has 0 unspecified atom stereocenters. The van der Waals surface area contributed by atoms with Gasteiger partial charge in [-0.1, -0.05) is 30.3 Å². The van der Waals surface area contributed by atoms with Crippen molar-refractivity contribution in [2.24, 2.45) is 0 Å². The molecule has 0 radical (unpaired) electrons. The maximum atomic E-state index is 12.1. The summed E-state index contributed by atoms with van der Waals surface area (Å²) < 4.78 is 1.58. The highest BCUT2D eigenvalue weighted by atomic mass is 16.1. The fourth-order valence-electron chi connectivity index (χ4n) is 2.11. The van der Waals surface area contributed by atoms with Gasteiger partial charge in [-0.05, 0) is 40.1 Å². The van der Waals surface area contributed by atoms with Crippen molar-refractivity contribution in [3.05, 3.63) is 52.3 Å². The Morgan fingerprint density at radius 3 is 2.55 bits per heavy atom. The summed E-state index contributed by atoms with van der Waals surface area (Å²) in [6, 6.07) is 11.8. The molecule has 4 nitrogen and oxygen atoms in total. The molecule has 0 saturated carbocycles. The number of aromatic nitrogens is 2. The first kappa shape index (κ1) is 14.5. The van der Waals surface area contributed by atoms with Crippen molar-refractivity contribution in [2.45, 2.75) is 19.9 Å². The van der Waals surface area contributed by atoms with Crippen LogP contribution in [0.25, 0.3) is 11.3 Å². The Morgan fingerprint density at radius 1 is 1.20 bits per heavy atom. The molecule has 0 aliphatic rings. The largest absolute Gasteiger partial charge is 0.309 e. The molecule has 2 rings (SSSR count). The second kappa shape index (κ2) is 6.48. The highest BCUT2D eigenvalue weighted by Crippen LogP contribution is 2.15. The van der Waals surface area contributed by atoms with Crippen molar-refractivity contribution < 1.29 is 0 Å². The van der Waals surface area contributed by atoms with Crippen LogP contribution in [-0.4, -0.2) is 35.3 Å². The molecule has 0 amide bonds. The van der Waals surface area contributed by atoms with Gasteiger partial charge in [0.15, 0.2) is 0 Å². The summed E-state index contributed by atoms with van der Waals surface area (Å²) in [5, 5.41) is 4.49. The molecule has 4 heteroatoms. The fraction of sp³-hybridized carbons (Fsp3) is 0.375. The van der Waals surface area contributed by atoms with E-state index in [2.05, 4.69) is 10.00 Å². The maximum Gasteiger partial charge on any atom is 0.269 e. The quantitative estimate of drug-likeness (QED) is 0.836. The minimum absolute atomic E-state index is 0.00318.